The van der Waals surface area contributed by atoms with E-state index in [0.29, 0.717) is 12.8 Å². The van der Waals surface area contributed by atoms with E-state index in [0.717, 1.165) is 109 Å². The zero-order chi connectivity index (χ0) is 71.5. The molecule has 2 saturated heterocycles. The molecule has 2 aliphatic heterocycles. The number of allylic oxidation sites excluding steroid dienone is 21. The Morgan fingerprint density at radius 1 is 0.374 bits per heavy atom. The Hall–Kier alpha value is -3.87. The van der Waals surface area contributed by atoms with Gasteiger partial charge in [0.25, 0.3) is 0 Å². The van der Waals surface area contributed by atoms with Crippen molar-refractivity contribution in [2.45, 2.75) is 376 Å². The monoisotopic (exact) mass is 1390 g/mol. The number of aliphatic hydroxyl groups excluding tert-OH is 8. The number of aliphatic hydroxyl groups is 8. The summed E-state index contributed by atoms with van der Waals surface area (Å²) in [4.78, 5) is 13.4. The smallest absolute Gasteiger partial charge is 0.220 e. The number of nitrogens with one attached hydrogen (secondary N) is 1. The van der Waals surface area contributed by atoms with E-state index < -0.39 is 86.8 Å². The summed E-state index contributed by atoms with van der Waals surface area (Å²) in [5.74, 6) is -0.265. The number of carbonyl (C=O) groups excluding carboxylic acids is 1. The van der Waals surface area contributed by atoms with Crippen molar-refractivity contribution in [2.75, 3.05) is 19.8 Å². The van der Waals surface area contributed by atoms with Gasteiger partial charge in [-0.15, -0.1) is 0 Å². The Bertz CT molecular complexity index is 2180. The number of hydrogen-bond donors (Lipinski definition) is 9. The van der Waals surface area contributed by atoms with Gasteiger partial charge in [-0.05, 0) is 109 Å². The third-order valence-electron chi connectivity index (χ3n) is 18.5. The zero-order valence-corrected chi connectivity index (χ0v) is 62.2. The van der Waals surface area contributed by atoms with Crippen LogP contribution in [-0.4, -0.2) is 140 Å². The quantitative estimate of drug-likeness (QED) is 0.0204. The van der Waals surface area contributed by atoms with Crippen LogP contribution in [0.1, 0.15) is 303 Å². The van der Waals surface area contributed by atoms with Crippen LogP contribution in [0.4, 0.5) is 0 Å². The second-order valence-corrected chi connectivity index (χ2v) is 27.4. The lowest BCUT2D eigenvalue weighted by atomic mass is 9.97. The average Bonchev–Trinajstić information content (AvgIpc) is 0.793. The van der Waals surface area contributed by atoms with Crippen LogP contribution < -0.4 is 5.32 Å². The van der Waals surface area contributed by atoms with E-state index in [4.69, 9.17) is 18.9 Å². The maximum absolute atomic E-state index is 13.4. The number of rotatable bonds is 65. The van der Waals surface area contributed by atoms with Gasteiger partial charge in [-0.1, -0.05) is 321 Å². The molecule has 0 aromatic heterocycles. The number of carbonyl (C=O) groups is 1. The van der Waals surface area contributed by atoms with Crippen LogP contribution in [0.15, 0.2) is 134 Å². The lowest BCUT2D eigenvalue weighted by molar-refractivity contribution is -0.359. The first kappa shape index (κ1) is 91.2. The largest absolute Gasteiger partial charge is 0.394 e. The highest BCUT2D eigenvalue weighted by Crippen LogP contribution is 2.30. The van der Waals surface area contributed by atoms with Crippen LogP contribution in [0, 0.1) is 0 Å². The van der Waals surface area contributed by atoms with Gasteiger partial charge in [-0.2, -0.15) is 0 Å². The number of unbranched alkanes of at least 4 members (excludes halogenated alkanes) is 32. The summed E-state index contributed by atoms with van der Waals surface area (Å²) < 4.78 is 22.9. The van der Waals surface area contributed by atoms with Crippen molar-refractivity contribution in [1.29, 1.82) is 0 Å². The fourth-order valence-electron chi connectivity index (χ4n) is 12.3. The van der Waals surface area contributed by atoms with Crippen LogP contribution in [0.2, 0.25) is 0 Å². The molecule has 2 heterocycles. The lowest BCUT2D eigenvalue weighted by Crippen LogP contribution is -2.65. The molecule has 2 fully saturated rings. The van der Waals surface area contributed by atoms with E-state index >= 15 is 0 Å². The van der Waals surface area contributed by atoms with E-state index in [1.54, 1.807) is 6.08 Å². The second-order valence-electron chi connectivity index (χ2n) is 27.4. The van der Waals surface area contributed by atoms with E-state index in [9.17, 15) is 45.6 Å². The van der Waals surface area contributed by atoms with Crippen LogP contribution in [0.5, 0.6) is 0 Å². The number of ether oxygens (including phenoxy) is 4. The molecule has 12 atom stereocenters. The van der Waals surface area contributed by atoms with Crippen molar-refractivity contribution < 1.29 is 64.6 Å². The van der Waals surface area contributed by atoms with Gasteiger partial charge in [0, 0.05) is 6.42 Å². The highest BCUT2D eigenvalue weighted by atomic mass is 16.7. The Morgan fingerprint density at radius 3 is 1.11 bits per heavy atom. The van der Waals surface area contributed by atoms with Gasteiger partial charge in [-0.3, -0.25) is 4.79 Å². The molecule has 99 heavy (non-hydrogen) atoms. The van der Waals surface area contributed by atoms with Crippen molar-refractivity contribution in [1.82, 2.24) is 5.32 Å². The normalized spacial score (nSPS) is 22.7. The lowest BCUT2D eigenvalue weighted by Gasteiger charge is -2.46. The third kappa shape index (κ3) is 50.2. The van der Waals surface area contributed by atoms with Gasteiger partial charge in [-0.25, -0.2) is 0 Å². The van der Waals surface area contributed by atoms with E-state index in [1.165, 1.54) is 161 Å². The first-order valence-corrected chi connectivity index (χ1v) is 39.9. The molecule has 2 aliphatic rings. The SMILES string of the molecule is CC/C=C\C/C=C\C/C=C\C/C=C\C/C=C\C/C=C\C/C=C\C/C=C\CCCCCCCCCCC(=O)NC(COC1OC(CO)C(OC2OC(CO)C(O)C(O)C2O)C(O)C1O)C(O)/C=C/CC/C=C/CC/C=C/CCCCCCCCCCCCCCCCCCCCCCCC. The summed E-state index contributed by atoms with van der Waals surface area (Å²) in [6.07, 6.45) is 83.8. The zero-order valence-electron chi connectivity index (χ0n) is 62.2. The predicted molar refractivity (Wildman–Crippen MR) is 410 cm³/mol. The van der Waals surface area contributed by atoms with Gasteiger partial charge in [0.1, 0.15) is 48.8 Å². The minimum absolute atomic E-state index is 0.251. The van der Waals surface area contributed by atoms with E-state index in [-0.39, 0.29) is 18.9 Å². The first-order chi connectivity index (χ1) is 48.6. The predicted octanol–water partition coefficient (Wildman–Crippen LogP) is 18.2. The Morgan fingerprint density at radius 2 is 0.707 bits per heavy atom. The molecule has 14 heteroatoms. The average molecular weight is 1390 g/mol. The van der Waals surface area contributed by atoms with E-state index in [1.807, 2.05) is 6.08 Å². The summed E-state index contributed by atoms with van der Waals surface area (Å²) in [6, 6.07) is -0.955. The van der Waals surface area contributed by atoms with Crippen LogP contribution in [0.25, 0.3) is 0 Å². The summed E-state index contributed by atoms with van der Waals surface area (Å²) in [7, 11) is 0. The van der Waals surface area contributed by atoms with Crippen molar-refractivity contribution >= 4 is 5.91 Å². The maximum Gasteiger partial charge on any atom is 0.220 e. The van der Waals surface area contributed by atoms with Crippen molar-refractivity contribution in [2.24, 2.45) is 0 Å². The Balaban J connectivity index is 1.67. The van der Waals surface area contributed by atoms with Gasteiger partial charge in [0.05, 0.1) is 32.0 Å². The maximum atomic E-state index is 13.4. The van der Waals surface area contributed by atoms with Crippen LogP contribution in [-0.2, 0) is 23.7 Å². The molecule has 0 radical (unpaired) electrons. The molecule has 0 spiro atoms. The molecule has 0 bridgehead atoms. The van der Waals surface area contributed by atoms with Gasteiger partial charge in [0.2, 0.25) is 5.91 Å². The fourth-order valence-corrected chi connectivity index (χ4v) is 12.3. The van der Waals surface area contributed by atoms with Crippen LogP contribution in [0.3, 0.4) is 0 Å². The van der Waals surface area contributed by atoms with Crippen molar-refractivity contribution in [3.05, 3.63) is 134 Å². The van der Waals surface area contributed by atoms with Crippen molar-refractivity contribution in [3.8, 4) is 0 Å². The summed E-state index contributed by atoms with van der Waals surface area (Å²) >= 11 is 0. The molecule has 0 aromatic carbocycles. The Kier molecular flexibility index (Phi) is 62.0. The highest BCUT2D eigenvalue weighted by molar-refractivity contribution is 5.76. The molecule has 0 saturated carbocycles. The van der Waals surface area contributed by atoms with Gasteiger partial charge in [0.15, 0.2) is 12.6 Å². The standard InChI is InChI=1S/C85H145NO13/c1-3-5-7-9-11-13-15-17-19-21-23-25-27-29-31-33-35-37-39-41-43-45-47-49-51-53-55-57-59-61-63-65-67-69-77(90)86-73(72-96-84-82(95)80(93)83(76(71-88)98-84)99-85-81(94)79(92)78(91)75(70-87)97-85)74(89)68-66-64-62-60-58-56-54-52-50-48-46-44-42-40-38-36-34-32-30-28-26-24-22-20-18-16-14-12-10-8-6-4-2/h5,7,11,13,17,19,23,25,29,31,35,37,41,43,47,49-50,52,58,60,66,68,73-76,78-85,87-89,91-95H,3-4,6,8-10,12,14-16,18,20-22,24,26-28,30,32-34,36,38-40,42,44-46,48,51,53-57,59,61-65,67,69-72H2,1-2H3,(H,86,90)/b7-5-,13-11-,19-17-,25-23-,31-29-,37-35-,43-41-,49-47-,52-50+,60-58+,68-66+. The van der Waals surface area contributed by atoms with E-state index in [2.05, 4.69) is 141 Å². The third-order valence-corrected chi connectivity index (χ3v) is 18.5. The molecule has 1 amide bonds. The van der Waals surface area contributed by atoms with Gasteiger partial charge < -0.3 is 65.1 Å². The fraction of sp³-hybridized carbons (Fsp3) is 0.729. The summed E-state index contributed by atoms with van der Waals surface area (Å²) in [5.41, 5.74) is 0. The molecule has 9 N–H and O–H groups in total. The summed E-state index contributed by atoms with van der Waals surface area (Å²) in [5, 5.41) is 87.6. The highest BCUT2D eigenvalue weighted by Gasteiger charge is 2.51. The molecule has 568 valence electrons. The molecule has 2 rings (SSSR count). The number of amides is 1. The Labute approximate surface area is 602 Å². The molecule has 14 nitrogen and oxygen atoms in total. The summed E-state index contributed by atoms with van der Waals surface area (Å²) in [6.45, 7) is 2.68. The van der Waals surface area contributed by atoms with Crippen molar-refractivity contribution in [3.63, 3.8) is 0 Å². The molecule has 0 aliphatic carbocycles. The van der Waals surface area contributed by atoms with Crippen LogP contribution >= 0.6 is 0 Å². The number of hydrogen-bond acceptors (Lipinski definition) is 13. The van der Waals surface area contributed by atoms with Gasteiger partial charge >= 0.3 is 0 Å². The molecular formula is C85H145NO13. The molecular weight excluding hydrogens is 1240 g/mol. The molecule has 0 aromatic rings. The minimum Gasteiger partial charge on any atom is -0.394 e. The second kappa shape index (κ2) is 67.3. The minimum atomic E-state index is -1.80. The first-order valence-electron chi connectivity index (χ1n) is 39.9. The topological polar surface area (TPSA) is 228 Å². The molecule has 12 unspecified atom stereocenters.